The van der Waals surface area contributed by atoms with Crippen molar-refractivity contribution in [1.29, 1.82) is 0 Å². The number of rotatable bonds is 5. The Morgan fingerprint density at radius 1 is 0.760 bits per heavy atom. The zero-order chi connectivity index (χ0) is 17.8. The second kappa shape index (κ2) is 8.60. The third kappa shape index (κ3) is 4.80. The topological polar surface area (TPSA) is 0 Å². The van der Waals surface area contributed by atoms with Gasteiger partial charge in [-0.15, -0.1) is 0 Å². The zero-order valence-electron chi connectivity index (χ0n) is 15.4. The van der Waals surface area contributed by atoms with E-state index in [2.05, 4.69) is 6.92 Å². The van der Waals surface area contributed by atoms with Crippen molar-refractivity contribution in [3.05, 3.63) is 35.1 Å². The summed E-state index contributed by atoms with van der Waals surface area (Å²) in [6.45, 7) is 2.28. The van der Waals surface area contributed by atoms with Gasteiger partial charge in [0.2, 0.25) is 0 Å². The van der Waals surface area contributed by atoms with Crippen molar-refractivity contribution < 1.29 is 13.2 Å². The summed E-state index contributed by atoms with van der Waals surface area (Å²) in [5.74, 6) is -0.672. The summed E-state index contributed by atoms with van der Waals surface area (Å²) in [5.41, 5.74) is 0.634. The summed E-state index contributed by atoms with van der Waals surface area (Å²) in [7, 11) is 0. The Hall–Kier alpha value is -0.990. The van der Waals surface area contributed by atoms with Crippen molar-refractivity contribution in [3.63, 3.8) is 0 Å². The quantitative estimate of drug-likeness (QED) is 0.485. The maximum absolute atomic E-state index is 13.5. The molecular formula is C22H31F3. The fourth-order valence-electron chi connectivity index (χ4n) is 5.18. The van der Waals surface area contributed by atoms with E-state index in [1.165, 1.54) is 57.1 Å². The van der Waals surface area contributed by atoms with Crippen LogP contribution in [0.15, 0.2) is 12.1 Å². The third-order valence-electron chi connectivity index (χ3n) is 6.65. The maximum atomic E-state index is 13.5. The minimum atomic E-state index is -1.35. The molecule has 0 radical (unpaired) electrons. The largest absolute Gasteiger partial charge is 0.204 e. The number of halogens is 3. The van der Waals surface area contributed by atoms with Crippen LogP contribution in [0, 0.1) is 35.2 Å². The summed E-state index contributed by atoms with van der Waals surface area (Å²) in [5, 5.41) is 0. The van der Waals surface area contributed by atoms with Gasteiger partial charge < -0.3 is 0 Å². The van der Waals surface area contributed by atoms with Crippen molar-refractivity contribution >= 4 is 0 Å². The molecule has 0 bridgehead atoms. The maximum Gasteiger partial charge on any atom is 0.194 e. The molecule has 0 N–H and O–H groups in total. The van der Waals surface area contributed by atoms with Crippen LogP contribution in [0.3, 0.4) is 0 Å². The van der Waals surface area contributed by atoms with Crippen LogP contribution in [-0.2, 0) is 0 Å². The molecule has 1 aromatic carbocycles. The van der Waals surface area contributed by atoms with E-state index in [1.807, 2.05) is 0 Å². The third-order valence-corrected chi connectivity index (χ3v) is 6.65. The van der Waals surface area contributed by atoms with Crippen LogP contribution >= 0.6 is 0 Å². The highest BCUT2D eigenvalue weighted by Crippen LogP contribution is 2.42. The highest BCUT2D eigenvalue weighted by atomic mass is 19.2. The van der Waals surface area contributed by atoms with Crippen LogP contribution in [0.1, 0.15) is 89.0 Å². The Kier molecular flexibility index (Phi) is 6.46. The molecule has 0 nitrogen and oxygen atoms in total. The molecule has 3 rings (SSSR count). The van der Waals surface area contributed by atoms with E-state index in [-0.39, 0.29) is 5.92 Å². The molecule has 0 atom stereocenters. The van der Waals surface area contributed by atoms with Crippen LogP contribution < -0.4 is 0 Å². The van der Waals surface area contributed by atoms with Crippen molar-refractivity contribution in [2.75, 3.05) is 0 Å². The second-order valence-corrected chi connectivity index (χ2v) is 8.43. The van der Waals surface area contributed by atoms with E-state index < -0.39 is 17.5 Å². The molecule has 25 heavy (non-hydrogen) atoms. The molecule has 2 fully saturated rings. The Labute approximate surface area is 150 Å². The molecule has 0 unspecified atom stereocenters. The van der Waals surface area contributed by atoms with Gasteiger partial charge in [0.15, 0.2) is 17.5 Å². The first-order valence-electron chi connectivity index (χ1n) is 10.2. The predicted octanol–water partition coefficient (Wildman–Crippen LogP) is 7.37. The predicted molar refractivity (Wildman–Crippen MR) is 96.0 cm³/mol. The first kappa shape index (κ1) is 18.8. The number of hydrogen-bond donors (Lipinski definition) is 0. The van der Waals surface area contributed by atoms with Crippen LogP contribution in [0.25, 0.3) is 0 Å². The molecule has 2 aliphatic rings. The van der Waals surface area contributed by atoms with E-state index >= 15 is 0 Å². The van der Waals surface area contributed by atoms with Gasteiger partial charge in [-0.2, -0.15) is 0 Å². The second-order valence-electron chi connectivity index (χ2n) is 8.43. The molecule has 3 heteroatoms. The lowest BCUT2D eigenvalue weighted by atomic mass is 9.72. The molecule has 140 valence electrons. The van der Waals surface area contributed by atoms with Gasteiger partial charge >= 0.3 is 0 Å². The molecular weight excluding hydrogens is 321 g/mol. The van der Waals surface area contributed by atoms with Gasteiger partial charge in [-0.1, -0.05) is 45.4 Å². The average molecular weight is 352 g/mol. The minimum absolute atomic E-state index is 0.182. The van der Waals surface area contributed by atoms with Gasteiger partial charge in [-0.25, -0.2) is 13.2 Å². The lowest BCUT2D eigenvalue weighted by Gasteiger charge is -2.34. The summed E-state index contributed by atoms with van der Waals surface area (Å²) in [6, 6.07) is 2.39. The Bertz CT molecular complexity index is 529. The van der Waals surface area contributed by atoms with Crippen LogP contribution in [0.4, 0.5) is 13.2 Å². The Morgan fingerprint density at radius 2 is 1.24 bits per heavy atom. The van der Waals surface area contributed by atoms with Crippen LogP contribution in [0.2, 0.25) is 0 Å². The number of hydrogen-bond acceptors (Lipinski definition) is 0. The van der Waals surface area contributed by atoms with Gasteiger partial charge in [-0.3, -0.25) is 0 Å². The normalized spacial score (nSPS) is 30.4. The SMILES string of the molecule is CCC[C@H]1CC[C@H](CC2CCC(c3cc(F)c(F)c(F)c3)CC2)CC1. The molecule has 0 spiro atoms. The highest BCUT2D eigenvalue weighted by molar-refractivity contribution is 5.23. The van der Waals surface area contributed by atoms with Crippen molar-refractivity contribution in [1.82, 2.24) is 0 Å². The highest BCUT2D eigenvalue weighted by Gasteiger charge is 2.28. The fraction of sp³-hybridized carbons (Fsp3) is 0.727. The first-order chi connectivity index (χ1) is 12.1. The molecule has 1 aromatic rings. The van der Waals surface area contributed by atoms with Gasteiger partial charge in [0.1, 0.15) is 0 Å². The fourth-order valence-corrected chi connectivity index (χ4v) is 5.18. The first-order valence-corrected chi connectivity index (χ1v) is 10.2. The zero-order valence-corrected chi connectivity index (χ0v) is 15.4. The molecule has 0 aromatic heterocycles. The van der Waals surface area contributed by atoms with Crippen molar-refractivity contribution in [2.24, 2.45) is 17.8 Å². The molecule has 0 amide bonds. The smallest absolute Gasteiger partial charge is 0.194 e. The van der Waals surface area contributed by atoms with E-state index in [0.29, 0.717) is 5.56 Å². The van der Waals surface area contributed by atoms with Gasteiger partial charge in [0.25, 0.3) is 0 Å². The molecule has 0 aliphatic heterocycles. The lowest BCUT2D eigenvalue weighted by molar-refractivity contribution is 0.200. The summed E-state index contributed by atoms with van der Waals surface area (Å²) in [4.78, 5) is 0. The van der Waals surface area contributed by atoms with Gasteiger partial charge in [0, 0.05) is 0 Å². The lowest BCUT2D eigenvalue weighted by Crippen LogP contribution is -2.20. The summed E-state index contributed by atoms with van der Waals surface area (Å²) < 4.78 is 40.0. The van der Waals surface area contributed by atoms with Gasteiger partial charge in [0.05, 0.1) is 0 Å². The monoisotopic (exact) mass is 352 g/mol. The number of benzene rings is 1. The molecule has 2 aliphatic carbocycles. The molecule has 2 saturated carbocycles. The average Bonchev–Trinajstić information content (AvgIpc) is 2.62. The van der Waals surface area contributed by atoms with Crippen LogP contribution in [-0.4, -0.2) is 0 Å². The molecule has 0 heterocycles. The van der Waals surface area contributed by atoms with Crippen LogP contribution in [0.5, 0.6) is 0 Å². The molecule has 0 saturated heterocycles. The minimum Gasteiger partial charge on any atom is -0.204 e. The Balaban J connectivity index is 1.46. The van der Waals surface area contributed by atoms with Gasteiger partial charge in [-0.05, 0) is 73.5 Å². The van der Waals surface area contributed by atoms with Crippen molar-refractivity contribution in [3.8, 4) is 0 Å². The summed E-state index contributed by atoms with van der Waals surface area (Å²) >= 11 is 0. The van der Waals surface area contributed by atoms with E-state index in [1.54, 1.807) is 0 Å². The Morgan fingerprint density at radius 3 is 1.76 bits per heavy atom. The standard InChI is InChI=1S/C22H31F3/c1-2-3-15-4-6-16(7-5-15)12-17-8-10-18(11-9-17)19-13-20(23)22(25)21(24)14-19/h13-18H,2-12H2,1H3/t15-,16-,17?,18?. The van der Waals surface area contributed by atoms with E-state index in [9.17, 15) is 13.2 Å². The van der Waals surface area contributed by atoms with E-state index in [4.69, 9.17) is 0 Å². The van der Waals surface area contributed by atoms with E-state index in [0.717, 1.165) is 43.4 Å². The van der Waals surface area contributed by atoms with Crippen molar-refractivity contribution in [2.45, 2.75) is 83.5 Å². The summed E-state index contributed by atoms with van der Waals surface area (Å²) in [6.07, 6.45) is 13.8.